The van der Waals surface area contributed by atoms with Gasteiger partial charge in [-0.25, -0.2) is 9.18 Å². The number of hydrogen-bond donors (Lipinski definition) is 2. The molecule has 0 saturated carbocycles. The fourth-order valence-corrected chi connectivity index (χ4v) is 1.99. The molecule has 108 valence electrons. The van der Waals surface area contributed by atoms with Crippen molar-refractivity contribution in [3.63, 3.8) is 0 Å². The molecule has 0 aliphatic rings. The van der Waals surface area contributed by atoms with E-state index in [9.17, 15) is 14.0 Å². The number of carboxylic acids is 1. The summed E-state index contributed by atoms with van der Waals surface area (Å²) in [5.74, 6) is -2.49. The molecular formula is C14H8Cl2FNO3. The number of carbonyl (C=O) groups is 2. The van der Waals surface area contributed by atoms with Gasteiger partial charge >= 0.3 is 5.97 Å². The minimum atomic E-state index is -1.23. The Morgan fingerprint density at radius 3 is 2.43 bits per heavy atom. The molecule has 0 unspecified atom stereocenters. The number of carboxylic acid groups (broad SMARTS) is 1. The first-order chi connectivity index (χ1) is 9.88. The Labute approximate surface area is 129 Å². The monoisotopic (exact) mass is 327 g/mol. The second kappa shape index (κ2) is 6.11. The van der Waals surface area contributed by atoms with Crippen LogP contribution in [0, 0.1) is 5.82 Å². The van der Waals surface area contributed by atoms with Crippen molar-refractivity contribution < 1.29 is 19.1 Å². The summed E-state index contributed by atoms with van der Waals surface area (Å²) in [6, 6.07) is 7.49. The molecule has 0 spiro atoms. The molecule has 2 aromatic carbocycles. The highest BCUT2D eigenvalue weighted by Crippen LogP contribution is 2.22. The summed E-state index contributed by atoms with van der Waals surface area (Å²) in [6.07, 6.45) is 0. The van der Waals surface area contributed by atoms with Crippen molar-refractivity contribution in [3.05, 3.63) is 63.4 Å². The van der Waals surface area contributed by atoms with Gasteiger partial charge in [-0.2, -0.15) is 0 Å². The maximum atomic E-state index is 13.0. The molecule has 0 atom stereocenters. The Morgan fingerprint density at radius 1 is 1.10 bits per heavy atom. The van der Waals surface area contributed by atoms with Gasteiger partial charge in [-0.05, 0) is 36.4 Å². The van der Waals surface area contributed by atoms with Gasteiger partial charge in [0.25, 0.3) is 5.91 Å². The van der Waals surface area contributed by atoms with E-state index in [1.54, 1.807) is 0 Å². The van der Waals surface area contributed by atoms with Gasteiger partial charge in [0.1, 0.15) is 5.82 Å². The predicted molar refractivity (Wildman–Crippen MR) is 77.8 cm³/mol. The number of rotatable bonds is 3. The number of nitrogens with one attached hydrogen (secondary N) is 1. The molecule has 0 bridgehead atoms. The van der Waals surface area contributed by atoms with Crippen LogP contribution in [0.5, 0.6) is 0 Å². The summed E-state index contributed by atoms with van der Waals surface area (Å²) in [5, 5.41) is 11.5. The molecule has 2 aromatic rings. The van der Waals surface area contributed by atoms with Crippen LogP contribution in [0.25, 0.3) is 0 Å². The minimum Gasteiger partial charge on any atom is -0.478 e. The third-order valence-electron chi connectivity index (χ3n) is 2.64. The van der Waals surface area contributed by atoms with E-state index in [0.717, 1.165) is 12.1 Å². The van der Waals surface area contributed by atoms with Gasteiger partial charge in [-0.1, -0.05) is 23.2 Å². The molecule has 4 nitrogen and oxygen atoms in total. The van der Waals surface area contributed by atoms with E-state index in [1.807, 2.05) is 0 Å². The average Bonchev–Trinajstić information content (AvgIpc) is 2.43. The first-order valence-electron chi connectivity index (χ1n) is 5.67. The largest absolute Gasteiger partial charge is 0.478 e. The Bertz CT molecular complexity index is 734. The third kappa shape index (κ3) is 3.51. The third-order valence-corrected chi connectivity index (χ3v) is 3.17. The maximum absolute atomic E-state index is 13.0. The Morgan fingerprint density at radius 2 is 1.81 bits per heavy atom. The molecule has 0 aliphatic heterocycles. The van der Waals surface area contributed by atoms with E-state index in [1.165, 1.54) is 24.3 Å². The van der Waals surface area contributed by atoms with E-state index >= 15 is 0 Å². The van der Waals surface area contributed by atoms with Crippen LogP contribution in [-0.4, -0.2) is 17.0 Å². The van der Waals surface area contributed by atoms with Crippen LogP contribution >= 0.6 is 23.2 Å². The lowest BCUT2D eigenvalue weighted by molar-refractivity contribution is 0.0698. The fraction of sp³-hybridized carbons (Fsp3) is 0. The highest BCUT2D eigenvalue weighted by Gasteiger charge is 2.15. The first-order valence-corrected chi connectivity index (χ1v) is 6.43. The van der Waals surface area contributed by atoms with Crippen molar-refractivity contribution in [1.82, 2.24) is 0 Å². The summed E-state index contributed by atoms with van der Waals surface area (Å²) in [7, 11) is 0. The SMILES string of the molecule is O=C(Nc1ccc(Cl)cc1C(=O)O)c1ccc(F)c(Cl)c1. The van der Waals surface area contributed by atoms with E-state index in [2.05, 4.69) is 5.32 Å². The number of aromatic carboxylic acids is 1. The fourth-order valence-electron chi connectivity index (χ4n) is 1.63. The molecule has 0 aromatic heterocycles. The highest BCUT2D eigenvalue weighted by atomic mass is 35.5. The average molecular weight is 328 g/mol. The van der Waals surface area contributed by atoms with Crippen LogP contribution in [0.4, 0.5) is 10.1 Å². The Balaban J connectivity index is 2.31. The van der Waals surface area contributed by atoms with Gasteiger partial charge in [-0.3, -0.25) is 4.79 Å². The molecule has 0 fully saturated rings. The summed E-state index contributed by atoms with van der Waals surface area (Å²) in [4.78, 5) is 23.1. The number of benzene rings is 2. The zero-order valence-corrected chi connectivity index (χ0v) is 11.9. The van der Waals surface area contributed by atoms with Crippen molar-refractivity contribution in [2.24, 2.45) is 0 Å². The minimum absolute atomic E-state index is 0.0809. The number of halogens is 3. The zero-order valence-electron chi connectivity index (χ0n) is 10.4. The number of carbonyl (C=O) groups excluding carboxylic acids is 1. The van der Waals surface area contributed by atoms with Crippen molar-refractivity contribution in [1.29, 1.82) is 0 Å². The molecule has 1 amide bonds. The lowest BCUT2D eigenvalue weighted by Gasteiger charge is -2.09. The lowest BCUT2D eigenvalue weighted by Crippen LogP contribution is -2.15. The zero-order chi connectivity index (χ0) is 15.6. The Kier molecular flexibility index (Phi) is 4.45. The van der Waals surface area contributed by atoms with Crippen molar-refractivity contribution >= 4 is 40.8 Å². The van der Waals surface area contributed by atoms with E-state index < -0.39 is 17.7 Å². The van der Waals surface area contributed by atoms with E-state index in [4.69, 9.17) is 28.3 Å². The molecule has 2 rings (SSSR count). The van der Waals surface area contributed by atoms with Gasteiger partial charge in [-0.15, -0.1) is 0 Å². The van der Waals surface area contributed by atoms with Crippen LogP contribution in [0.15, 0.2) is 36.4 Å². The molecular weight excluding hydrogens is 320 g/mol. The molecule has 0 aliphatic carbocycles. The number of amides is 1. The standard InChI is InChI=1S/C14H8Cl2FNO3/c15-8-2-4-12(9(6-8)14(20)21)18-13(19)7-1-3-11(17)10(16)5-7/h1-6H,(H,18,19)(H,20,21). The van der Waals surface area contributed by atoms with Crippen LogP contribution in [0.2, 0.25) is 10.0 Å². The van der Waals surface area contributed by atoms with Crippen molar-refractivity contribution in [3.8, 4) is 0 Å². The van der Waals surface area contributed by atoms with Crippen molar-refractivity contribution in [2.75, 3.05) is 5.32 Å². The smallest absolute Gasteiger partial charge is 0.337 e. The summed E-state index contributed by atoms with van der Waals surface area (Å²) in [5.41, 5.74) is 0.0362. The highest BCUT2D eigenvalue weighted by molar-refractivity contribution is 6.31. The summed E-state index contributed by atoms with van der Waals surface area (Å²) in [6.45, 7) is 0. The predicted octanol–water partition coefficient (Wildman–Crippen LogP) is 4.08. The second-order valence-corrected chi connectivity index (χ2v) is 4.92. The molecule has 21 heavy (non-hydrogen) atoms. The maximum Gasteiger partial charge on any atom is 0.337 e. The van der Waals surface area contributed by atoms with Crippen LogP contribution in [0.3, 0.4) is 0 Å². The topological polar surface area (TPSA) is 66.4 Å². The van der Waals surface area contributed by atoms with E-state index in [-0.39, 0.29) is 26.9 Å². The van der Waals surface area contributed by atoms with Crippen LogP contribution in [-0.2, 0) is 0 Å². The summed E-state index contributed by atoms with van der Waals surface area (Å²) >= 11 is 11.3. The Hall–Kier alpha value is -2.11. The first kappa shape index (κ1) is 15.3. The van der Waals surface area contributed by atoms with Crippen LogP contribution < -0.4 is 5.32 Å². The van der Waals surface area contributed by atoms with Crippen molar-refractivity contribution in [2.45, 2.75) is 0 Å². The number of hydrogen-bond acceptors (Lipinski definition) is 2. The quantitative estimate of drug-likeness (QED) is 0.892. The normalized spacial score (nSPS) is 10.2. The van der Waals surface area contributed by atoms with Gasteiger partial charge in [0, 0.05) is 10.6 Å². The van der Waals surface area contributed by atoms with Crippen LogP contribution in [0.1, 0.15) is 20.7 Å². The molecule has 0 radical (unpaired) electrons. The lowest BCUT2D eigenvalue weighted by atomic mass is 10.1. The molecule has 0 heterocycles. The van der Waals surface area contributed by atoms with Gasteiger partial charge < -0.3 is 10.4 Å². The van der Waals surface area contributed by atoms with Gasteiger partial charge in [0.05, 0.1) is 16.3 Å². The summed E-state index contributed by atoms with van der Waals surface area (Å²) < 4.78 is 13.0. The molecule has 0 saturated heterocycles. The molecule has 7 heteroatoms. The second-order valence-electron chi connectivity index (χ2n) is 4.08. The van der Waals surface area contributed by atoms with Gasteiger partial charge in [0.2, 0.25) is 0 Å². The number of anilines is 1. The van der Waals surface area contributed by atoms with E-state index in [0.29, 0.717) is 0 Å². The van der Waals surface area contributed by atoms with Gasteiger partial charge in [0.15, 0.2) is 0 Å². The molecule has 2 N–H and O–H groups in total.